The lowest BCUT2D eigenvalue weighted by Gasteiger charge is -2.49. The van der Waals surface area contributed by atoms with Crippen LogP contribution >= 0.6 is 0 Å². The van der Waals surface area contributed by atoms with Gasteiger partial charge in [-0.05, 0) is 212 Å². The number of hydrogen-bond donors (Lipinski definition) is 14. The number of amides is 13. The molecule has 13 amide bonds. The standard InChI is InChI=1S/C94H149N23O22/c1-12-61-62-50-60(137-92(132)114-45-34-59(35-46-114)113-41-19-16-20-42-113)32-33-66(62)109-78-63(61)53-117-73(78)51-65-64(85(117)127)54-136-88(130)94(65,14-3)138-77(120)52-105-82(124)67(26-17-18-36-101-75(118)55-135-49-48-133-15-4)108-76(119)56-134-47-40-102-81(123)68(27-21-38-103-89(96)98-10)110-79(121)57(5)106-83(125)71-30-24-43-115(71)86(128)69(28-22-37-100-74(95)13-2)111-80(122)58(6)107-84(126)72-31-25-44-116(72)87(129)70(29-23-39-104-90(97)99-11)112-91(131)139-93(7,8)9/h32-33,50,57-59,64-65,67-73H,12-31,34-49,51-56H2,1-11H3,(H2,95,100)(H,101,118)(H,102,123)(H,105,124)(H,106,125)(H,107,126)(H,108,119)(H,110,121)(H,111,122)(H,112,131)(H3,96,98,103)(H3,97,99,104)/t57?,58?,64?,65?,67-,68?,69?,70?,71?,72?,73?,94-/m0/s1. The molecule has 6 saturated heterocycles. The zero-order chi connectivity index (χ0) is 101. The minimum atomic E-state index is -1.97. The molecule has 0 aliphatic carbocycles. The second kappa shape index (κ2) is 54.6. The van der Waals surface area contributed by atoms with Crippen LogP contribution in [0.2, 0.25) is 0 Å². The van der Waals surface area contributed by atoms with Gasteiger partial charge >= 0.3 is 24.1 Å². The van der Waals surface area contributed by atoms with E-state index in [1.807, 2.05) is 26.8 Å². The molecule has 10 unspecified atom stereocenters. The zero-order valence-corrected chi connectivity index (χ0v) is 82.6. The lowest BCUT2D eigenvalue weighted by molar-refractivity contribution is -0.215. The van der Waals surface area contributed by atoms with Crippen molar-refractivity contribution < 1.29 is 105 Å². The number of aromatic nitrogens is 1. The number of aliphatic imine (C=N–C) groups is 3. The molecule has 45 heteroatoms. The molecule has 6 fully saturated rings. The summed E-state index contributed by atoms with van der Waals surface area (Å²) in [6.45, 7) is 18.6. The Hall–Kier alpha value is -11.9. The van der Waals surface area contributed by atoms with Gasteiger partial charge in [0, 0.05) is 110 Å². The van der Waals surface area contributed by atoms with Gasteiger partial charge in [-0.25, -0.2) is 14.4 Å². The molecule has 1 aromatic carbocycles. The molecule has 7 aliphatic rings. The van der Waals surface area contributed by atoms with E-state index >= 15 is 0 Å². The third kappa shape index (κ3) is 32.1. The van der Waals surface area contributed by atoms with Crippen molar-refractivity contribution >= 4 is 118 Å². The van der Waals surface area contributed by atoms with Crippen LogP contribution in [0, 0.1) is 11.8 Å². The first-order chi connectivity index (χ1) is 66.5. The molecule has 0 radical (unpaired) electrons. The molecule has 0 spiro atoms. The summed E-state index contributed by atoms with van der Waals surface area (Å²) in [4.78, 5) is 237. The largest absolute Gasteiger partial charge is 0.462 e. The summed E-state index contributed by atoms with van der Waals surface area (Å²) in [5.41, 5.74) is 17.9. The number of pyridine rings is 1. The molecule has 8 heterocycles. The number of aryl methyl sites for hydroxylation is 1. The molecule has 17 N–H and O–H groups in total. The van der Waals surface area contributed by atoms with Crippen LogP contribution in [-0.4, -0.2) is 341 Å². The summed E-state index contributed by atoms with van der Waals surface area (Å²) < 4.78 is 39.7. The van der Waals surface area contributed by atoms with Crippen LogP contribution < -0.4 is 80.4 Å². The smallest absolute Gasteiger partial charge is 0.415 e. The number of rotatable bonds is 50. The van der Waals surface area contributed by atoms with Crippen molar-refractivity contribution in [1.82, 2.24) is 88.0 Å². The first kappa shape index (κ1) is 111. The number of alkyl carbamates (subject to hydrolysis) is 1. The molecule has 9 rings (SSSR count). The number of ether oxygens (including phenoxy) is 7. The molecule has 1 aromatic heterocycles. The Labute approximate surface area is 812 Å². The third-order valence-electron chi connectivity index (χ3n) is 26.2. The van der Waals surface area contributed by atoms with Gasteiger partial charge < -0.3 is 133 Å². The maximum absolute atomic E-state index is 14.8. The van der Waals surface area contributed by atoms with E-state index in [-0.39, 0.29) is 167 Å². The number of nitrogens with one attached hydrogen (secondary N) is 11. The number of esters is 2. The summed E-state index contributed by atoms with van der Waals surface area (Å²) in [6, 6.07) is -4.42. The minimum Gasteiger partial charge on any atom is -0.462 e. The van der Waals surface area contributed by atoms with E-state index < -0.39 is 168 Å². The van der Waals surface area contributed by atoms with Gasteiger partial charge in [0.2, 0.25) is 70.6 Å². The number of likely N-dealkylation sites (tertiary alicyclic amines) is 4. The molecule has 7 aliphatic heterocycles. The first-order valence-electron chi connectivity index (χ1n) is 49.3. The van der Waals surface area contributed by atoms with Crippen LogP contribution in [0.3, 0.4) is 0 Å². The van der Waals surface area contributed by atoms with E-state index in [0.717, 1.165) is 42.4 Å². The molecule has 772 valence electrons. The van der Waals surface area contributed by atoms with E-state index in [9.17, 15) is 71.9 Å². The number of carbonyl (C=O) groups is 15. The number of piperidine rings is 3. The van der Waals surface area contributed by atoms with Gasteiger partial charge in [-0.1, -0.05) is 27.2 Å². The van der Waals surface area contributed by atoms with Gasteiger partial charge in [-0.15, -0.1) is 0 Å². The van der Waals surface area contributed by atoms with Gasteiger partial charge in [0.15, 0.2) is 11.9 Å². The minimum absolute atomic E-state index is 0.0130. The lowest BCUT2D eigenvalue weighted by atomic mass is 9.68. The average Bonchev–Trinajstić information content (AvgIpc) is 1.59. The molecule has 45 nitrogen and oxygen atoms in total. The maximum Gasteiger partial charge on any atom is 0.415 e. The summed E-state index contributed by atoms with van der Waals surface area (Å²) in [6.07, 6.45) is 8.15. The van der Waals surface area contributed by atoms with E-state index in [1.54, 1.807) is 49.6 Å². The van der Waals surface area contributed by atoms with Crippen LogP contribution in [0.4, 0.5) is 9.59 Å². The van der Waals surface area contributed by atoms with Crippen LogP contribution in [-0.2, 0) is 104 Å². The lowest BCUT2D eigenvalue weighted by Crippen LogP contribution is -2.63. The Bertz CT molecular complexity index is 4670. The summed E-state index contributed by atoms with van der Waals surface area (Å²) in [5.74, 6) is -9.68. The van der Waals surface area contributed by atoms with Crippen molar-refractivity contribution in [2.45, 2.75) is 282 Å². The number of hydrogen-bond acceptors (Lipinski definition) is 27. The van der Waals surface area contributed by atoms with Crippen LogP contribution in [0.1, 0.15) is 220 Å². The van der Waals surface area contributed by atoms with Crippen LogP contribution in [0.5, 0.6) is 5.75 Å². The number of carbonyl (C=O) groups excluding carboxylic acids is 15. The SMILES string of the molecule is CCOCCOCC(=O)NCCCC[C@H](NC(=O)COCCNC(=O)C(CCCNC(N)=NC)NC(=O)C(C)NC(=O)C1CCCN1C(=O)C(CCCN=C(N)CC)NC(=O)C(C)NC(=O)C1CCCN1C(=O)C(CCCNC(N)=NC)NC(=O)OC(C)(C)C)C(=O)NCC(=O)O[C@]1(CC)C(=O)OCC2C(=O)N3Cc4c(nc5ccc(OC(=O)N6CCC(N7CCCCC7)CC6)cc5c4CC)C3CC21. The number of guanidine groups is 2. The Morgan fingerprint density at radius 1 is 0.604 bits per heavy atom. The number of cyclic esters (lactones) is 1. The van der Waals surface area contributed by atoms with Crippen LogP contribution in [0.25, 0.3) is 10.9 Å². The molecule has 139 heavy (non-hydrogen) atoms. The highest BCUT2D eigenvalue weighted by atomic mass is 16.6. The summed E-state index contributed by atoms with van der Waals surface area (Å²) in [7, 11) is 2.99. The molecule has 0 saturated carbocycles. The Balaban J connectivity index is 0.787. The fourth-order valence-electron chi connectivity index (χ4n) is 18.7. The predicted octanol–water partition coefficient (Wildman–Crippen LogP) is 0.618. The van der Waals surface area contributed by atoms with Crippen LogP contribution in [0.15, 0.2) is 33.2 Å². The monoisotopic (exact) mass is 1950 g/mol. The molecule has 2 aromatic rings. The van der Waals surface area contributed by atoms with Crippen molar-refractivity contribution in [3.05, 3.63) is 35.0 Å². The molecule has 12 atom stereocenters. The van der Waals surface area contributed by atoms with Crippen molar-refractivity contribution in [3.63, 3.8) is 0 Å². The zero-order valence-electron chi connectivity index (χ0n) is 82.6. The summed E-state index contributed by atoms with van der Waals surface area (Å²) in [5, 5.41) is 30.8. The highest BCUT2D eigenvalue weighted by molar-refractivity contribution is 5.99. The highest BCUT2D eigenvalue weighted by Gasteiger charge is 2.62. The Morgan fingerprint density at radius 2 is 1.18 bits per heavy atom. The Morgan fingerprint density at radius 3 is 1.79 bits per heavy atom. The molecular formula is C94H149N23O22. The Kier molecular flexibility index (Phi) is 43.5. The number of benzene rings is 1. The maximum atomic E-state index is 14.8. The van der Waals surface area contributed by atoms with Gasteiger partial charge in [0.25, 0.3) is 0 Å². The number of amidine groups is 1. The number of fused-ring (bicyclic) bond motifs is 5. The van der Waals surface area contributed by atoms with Crippen molar-refractivity contribution in [2.24, 2.45) is 44.0 Å². The molecular weight excluding hydrogens is 1800 g/mol. The van der Waals surface area contributed by atoms with Crippen molar-refractivity contribution in [1.29, 1.82) is 0 Å². The number of nitrogens with two attached hydrogens (primary N) is 3. The average molecular weight is 1950 g/mol. The van der Waals surface area contributed by atoms with Crippen molar-refractivity contribution in [2.75, 3.05) is 139 Å². The van der Waals surface area contributed by atoms with Gasteiger partial charge in [-0.3, -0.25) is 77.5 Å². The quantitative estimate of drug-likeness (QED) is 0.0142. The normalized spacial score (nSPS) is 20.9. The fraction of sp³-hybridized carbons (Fsp3) is 0.713. The number of nitrogens with zero attached hydrogens (tertiary/aromatic N) is 9. The number of unbranched alkanes of at least 4 members (excludes halogenated alkanes) is 1. The second-order valence-electron chi connectivity index (χ2n) is 37.1. The van der Waals surface area contributed by atoms with Crippen molar-refractivity contribution in [3.8, 4) is 5.75 Å². The third-order valence-corrected chi connectivity index (χ3v) is 26.2. The fourth-order valence-corrected chi connectivity index (χ4v) is 18.7. The van der Waals surface area contributed by atoms with Gasteiger partial charge in [0.05, 0.1) is 48.8 Å². The van der Waals surface area contributed by atoms with E-state index in [4.69, 9.17) is 55.3 Å². The summed E-state index contributed by atoms with van der Waals surface area (Å²) >= 11 is 0. The second-order valence-corrected chi connectivity index (χ2v) is 37.1. The van der Waals surface area contributed by atoms with E-state index in [0.29, 0.717) is 100 Å². The van der Waals surface area contributed by atoms with E-state index in [1.165, 1.54) is 57.0 Å². The predicted molar refractivity (Wildman–Crippen MR) is 512 cm³/mol. The van der Waals surface area contributed by atoms with Gasteiger partial charge in [-0.2, -0.15) is 0 Å². The van der Waals surface area contributed by atoms with Gasteiger partial charge in [0.1, 0.15) is 86.1 Å². The van der Waals surface area contributed by atoms with E-state index in [2.05, 4.69) is 78.4 Å². The molecule has 0 bridgehead atoms. The highest BCUT2D eigenvalue weighted by Crippen LogP contribution is 2.52. The first-order valence-corrected chi connectivity index (χ1v) is 49.3. The topological polar surface area (TPSA) is 597 Å².